The van der Waals surface area contributed by atoms with Gasteiger partial charge in [0, 0.05) is 5.69 Å². The molecule has 4 aromatic rings. The lowest BCUT2D eigenvalue weighted by Crippen LogP contribution is -2.14. The second-order valence-electron chi connectivity index (χ2n) is 5.53. The van der Waals surface area contributed by atoms with E-state index in [1.165, 1.54) is 30.0 Å². The minimum atomic E-state index is -0.527. The zero-order valence-corrected chi connectivity index (χ0v) is 14.9. The molecule has 5 nitrogen and oxygen atoms in total. The first-order chi connectivity index (χ1) is 12.6. The van der Waals surface area contributed by atoms with Crippen LogP contribution in [0.2, 0.25) is 5.02 Å². The van der Waals surface area contributed by atoms with Crippen molar-refractivity contribution in [3.8, 4) is 0 Å². The van der Waals surface area contributed by atoms with E-state index < -0.39 is 5.82 Å². The maximum Gasteiger partial charge on any atom is 0.234 e. The highest BCUT2D eigenvalue weighted by Gasteiger charge is 2.12. The average molecular weight is 387 g/mol. The summed E-state index contributed by atoms with van der Waals surface area (Å²) in [5.74, 6) is -0.630. The van der Waals surface area contributed by atoms with E-state index in [1.807, 2.05) is 40.8 Å². The lowest BCUT2D eigenvalue weighted by molar-refractivity contribution is -0.113. The molecule has 1 N–H and O–H groups in total. The van der Waals surface area contributed by atoms with E-state index in [4.69, 9.17) is 11.6 Å². The van der Waals surface area contributed by atoms with E-state index >= 15 is 0 Å². The Bertz CT molecular complexity index is 1130. The number of thioether (sulfide) groups is 1. The number of nitrogens with one attached hydrogen (secondary N) is 1. The number of halogens is 2. The number of aromatic nitrogens is 3. The first-order valence-corrected chi connectivity index (χ1v) is 9.09. The normalized spacial score (nSPS) is 11.2. The number of benzene rings is 2. The molecule has 8 heteroatoms. The third-order valence-corrected chi connectivity index (χ3v) is 5.00. The van der Waals surface area contributed by atoms with Gasteiger partial charge in [-0.2, -0.15) is 0 Å². The minimum absolute atomic E-state index is 0.0367. The molecule has 4 rings (SSSR count). The van der Waals surface area contributed by atoms with Crippen molar-refractivity contribution >= 4 is 51.5 Å². The number of rotatable bonds is 4. The van der Waals surface area contributed by atoms with Crippen LogP contribution in [0.1, 0.15) is 0 Å². The van der Waals surface area contributed by atoms with Gasteiger partial charge in [0.1, 0.15) is 5.82 Å². The molecule has 0 unspecified atom stereocenters. The lowest BCUT2D eigenvalue weighted by Gasteiger charge is -2.06. The van der Waals surface area contributed by atoms with E-state index in [-0.39, 0.29) is 16.7 Å². The van der Waals surface area contributed by atoms with E-state index in [9.17, 15) is 9.18 Å². The molecular formula is C18H12ClFN4OS. The van der Waals surface area contributed by atoms with Crippen LogP contribution < -0.4 is 5.32 Å². The number of para-hydroxylation sites is 1. The van der Waals surface area contributed by atoms with Crippen LogP contribution in [0, 0.1) is 5.82 Å². The zero-order chi connectivity index (χ0) is 18.1. The fraction of sp³-hybridized carbons (Fsp3) is 0.0556. The summed E-state index contributed by atoms with van der Waals surface area (Å²) in [5, 5.41) is 12.7. The first kappa shape index (κ1) is 16.8. The second kappa shape index (κ2) is 6.93. The monoisotopic (exact) mass is 386 g/mol. The number of carbonyl (C=O) groups is 1. The molecule has 2 aromatic heterocycles. The van der Waals surface area contributed by atoms with E-state index in [1.54, 1.807) is 0 Å². The molecule has 0 aliphatic carbocycles. The van der Waals surface area contributed by atoms with Crippen molar-refractivity contribution in [2.24, 2.45) is 0 Å². The second-order valence-corrected chi connectivity index (χ2v) is 6.88. The van der Waals surface area contributed by atoms with Crippen LogP contribution in [0.15, 0.2) is 59.8 Å². The summed E-state index contributed by atoms with van der Waals surface area (Å²) in [4.78, 5) is 12.2. The highest BCUT2D eigenvalue weighted by atomic mass is 35.5. The molecule has 0 radical (unpaired) electrons. The summed E-state index contributed by atoms with van der Waals surface area (Å²) < 4.78 is 15.1. The summed E-state index contributed by atoms with van der Waals surface area (Å²) >= 11 is 7.00. The number of amides is 1. The fourth-order valence-corrected chi connectivity index (χ4v) is 3.54. The molecule has 0 saturated carbocycles. The Hall–Kier alpha value is -2.64. The van der Waals surface area contributed by atoms with Crippen molar-refractivity contribution in [3.63, 3.8) is 0 Å². The predicted octanol–water partition coefficient (Wildman–Crippen LogP) is 4.41. The molecule has 26 heavy (non-hydrogen) atoms. The minimum Gasteiger partial charge on any atom is -0.325 e. The van der Waals surface area contributed by atoms with Crippen LogP contribution in [0.4, 0.5) is 10.1 Å². The predicted molar refractivity (Wildman–Crippen MR) is 101 cm³/mol. The SMILES string of the molecule is O=C(CSc1nnc2ccc3ccccc3n12)Nc1ccc(F)c(Cl)c1. The smallest absolute Gasteiger partial charge is 0.234 e. The van der Waals surface area contributed by atoms with E-state index in [0.29, 0.717) is 10.8 Å². The van der Waals surface area contributed by atoms with Gasteiger partial charge in [-0.25, -0.2) is 4.39 Å². The Morgan fingerprint density at radius 1 is 1.15 bits per heavy atom. The molecule has 2 heterocycles. The number of carbonyl (C=O) groups excluding carboxylic acids is 1. The molecule has 0 aliphatic heterocycles. The van der Waals surface area contributed by atoms with Gasteiger partial charge in [-0.1, -0.05) is 41.6 Å². The van der Waals surface area contributed by atoms with Crippen LogP contribution >= 0.6 is 23.4 Å². The standard InChI is InChI=1S/C18H12ClFN4OS/c19-13-9-12(6-7-14(13)20)21-17(25)10-26-18-23-22-16-8-5-11-3-1-2-4-15(11)24(16)18/h1-9H,10H2,(H,21,25). The third-order valence-electron chi connectivity index (χ3n) is 3.78. The summed E-state index contributed by atoms with van der Waals surface area (Å²) in [6.07, 6.45) is 0. The summed E-state index contributed by atoms with van der Waals surface area (Å²) in [6, 6.07) is 15.8. The molecule has 0 aliphatic rings. The van der Waals surface area contributed by atoms with Crippen molar-refractivity contribution in [3.05, 3.63) is 65.4 Å². The highest BCUT2D eigenvalue weighted by Crippen LogP contribution is 2.24. The zero-order valence-electron chi connectivity index (χ0n) is 13.3. The quantitative estimate of drug-likeness (QED) is 0.528. The van der Waals surface area contributed by atoms with Crippen molar-refractivity contribution in [2.45, 2.75) is 5.16 Å². The molecular weight excluding hydrogens is 375 g/mol. The maximum atomic E-state index is 13.2. The van der Waals surface area contributed by atoms with Gasteiger partial charge in [-0.15, -0.1) is 10.2 Å². The lowest BCUT2D eigenvalue weighted by atomic mass is 10.2. The van der Waals surface area contributed by atoms with Crippen molar-refractivity contribution in [1.82, 2.24) is 14.6 Å². The van der Waals surface area contributed by atoms with Gasteiger partial charge >= 0.3 is 0 Å². The molecule has 0 bridgehead atoms. The Labute approximate surface area is 157 Å². The summed E-state index contributed by atoms with van der Waals surface area (Å²) in [7, 11) is 0. The number of anilines is 1. The highest BCUT2D eigenvalue weighted by molar-refractivity contribution is 7.99. The molecule has 0 atom stereocenters. The van der Waals surface area contributed by atoms with Crippen LogP contribution in [-0.2, 0) is 4.79 Å². The molecule has 130 valence electrons. The van der Waals surface area contributed by atoms with Gasteiger partial charge in [0.05, 0.1) is 16.3 Å². The molecule has 2 aromatic carbocycles. The van der Waals surface area contributed by atoms with Gasteiger partial charge in [0.25, 0.3) is 0 Å². The van der Waals surface area contributed by atoms with Crippen LogP contribution in [0.25, 0.3) is 16.6 Å². The van der Waals surface area contributed by atoms with Crippen LogP contribution in [-0.4, -0.2) is 26.3 Å². The number of nitrogens with zero attached hydrogens (tertiary/aromatic N) is 3. The Morgan fingerprint density at radius 2 is 2.00 bits per heavy atom. The third kappa shape index (κ3) is 3.23. The molecule has 0 fully saturated rings. The topological polar surface area (TPSA) is 59.3 Å². The van der Waals surface area contributed by atoms with Gasteiger partial charge in [-0.3, -0.25) is 9.20 Å². The largest absolute Gasteiger partial charge is 0.325 e. The van der Waals surface area contributed by atoms with Crippen molar-refractivity contribution in [2.75, 3.05) is 11.1 Å². The summed E-state index contributed by atoms with van der Waals surface area (Å²) in [6.45, 7) is 0. The number of hydrogen-bond donors (Lipinski definition) is 1. The van der Waals surface area contributed by atoms with Gasteiger partial charge < -0.3 is 5.32 Å². The van der Waals surface area contributed by atoms with Gasteiger partial charge in [-0.05, 0) is 41.8 Å². The fourth-order valence-electron chi connectivity index (χ4n) is 2.61. The Morgan fingerprint density at radius 3 is 2.85 bits per heavy atom. The van der Waals surface area contributed by atoms with Crippen LogP contribution in [0.3, 0.4) is 0 Å². The molecule has 0 spiro atoms. The van der Waals surface area contributed by atoms with Crippen molar-refractivity contribution < 1.29 is 9.18 Å². The number of fused-ring (bicyclic) bond motifs is 3. The van der Waals surface area contributed by atoms with E-state index in [0.717, 1.165) is 16.6 Å². The van der Waals surface area contributed by atoms with Gasteiger partial charge in [0.15, 0.2) is 10.8 Å². The molecule has 0 saturated heterocycles. The van der Waals surface area contributed by atoms with E-state index in [2.05, 4.69) is 15.5 Å². The Kier molecular flexibility index (Phi) is 4.48. The Balaban J connectivity index is 1.53. The van der Waals surface area contributed by atoms with Crippen LogP contribution in [0.5, 0.6) is 0 Å². The maximum absolute atomic E-state index is 13.2. The summed E-state index contributed by atoms with van der Waals surface area (Å²) in [5.41, 5.74) is 2.14. The number of pyridine rings is 1. The number of hydrogen-bond acceptors (Lipinski definition) is 4. The van der Waals surface area contributed by atoms with Gasteiger partial charge in [0.2, 0.25) is 5.91 Å². The van der Waals surface area contributed by atoms with Crippen molar-refractivity contribution in [1.29, 1.82) is 0 Å². The molecule has 1 amide bonds. The average Bonchev–Trinajstić information content (AvgIpc) is 3.07. The first-order valence-electron chi connectivity index (χ1n) is 7.72.